The van der Waals surface area contributed by atoms with E-state index in [1.165, 1.54) is 11.3 Å². The number of rotatable bonds is 10. The van der Waals surface area contributed by atoms with Gasteiger partial charge in [-0.3, -0.25) is 0 Å². The highest BCUT2D eigenvalue weighted by Crippen LogP contribution is 2.44. The second kappa shape index (κ2) is 11.8. The molecule has 7 nitrogen and oxygen atoms in total. The molecule has 8 heteroatoms. The molecule has 2 N–H and O–H groups in total. The molecule has 1 atom stereocenters. The second-order valence-electron chi connectivity index (χ2n) is 9.26. The molecule has 1 amide bonds. The first-order valence-corrected chi connectivity index (χ1v) is 13.4. The summed E-state index contributed by atoms with van der Waals surface area (Å²) in [6, 6.07) is 26.6. The van der Waals surface area contributed by atoms with E-state index in [4.69, 9.17) is 14.2 Å². The number of alkyl carbamates (subject to hydrolysis) is 1. The predicted molar refractivity (Wildman–Crippen MR) is 150 cm³/mol. The molecule has 1 aromatic heterocycles. The largest absolute Gasteiger partial charge is 0.480 e. The van der Waals surface area contributed by atoms with Crippen LogP contribution in [-0.4, -0.2) is 44.0 Å². The van der Waals surface area contributed by atoms with E-state index in [0.29, 0.717) is 0 Å². The average Bonchev–Trinajstić information content (AvgIpc) is 3.55. The zero-order chi connectivity index (χ0) is 27.4. The molecule has 200 valence electrons. The zero-order valence-electron chi connectivity index (χ0n) is 21.6. The molecule has 1 aliphatic rings. The summed E-state index contributed by atoms with van der Waals surface area (Å²) >= 11 is 1.48. The number of methoxy groups -OCH3 is 2. The number of carboxylic acids is 1. The topological polar surface area (TPSA) is 94.1 Å². The molecule has 3 aromatic carbocycles. The number of nitrogens with one attached hydrogen (secondary N) is 1. The fraction of sp³-hybridized carbons (Fsp3) is 0.226. The van der Waals surface area contributed by atoms with Crippen molar-refractivity contribution in [3.8, 4) is 21.6 Å². The third-order valence-electron chi connectivity index (χ3n) is 6.87. The summed E-state index contributed by atoms with van der Waals surface area (Å²) in [5, 5.41) is 12.3. The molecule has 4 aromatic rings. The Morgan fingerprint density at radius 1 is 0.897 bits per heavy atom. The van der Waals surface area contributed by atoms with Crippen LogP contribution in [0.2, 0.25) is 0 Å². The van der Waals surface area contributed by atoms with Crippen LogP contribution in [0, 0.1) is 0 Å². The number of hydrogen-bond donors (Lipinski definition) is 2. The highest BCUT2D eigenvalue weighted by Gasteiger charge is 2.30. The molecular formula is C31H29NO6S. The van der Waals surface area contributed by atoms with Gasteiger partial charge in [-0.25, -0.2) is 9.59 Å². The number of carbonyl (C=O) groups is 2. The fourth-order valence-corrected chi connectivity index (χ4v) is 6.08. The minimum atomic E-state index is -1.12. The van der Waals surface area contributed by atoms with Gasteiger partial charge in [0.25, 0.3) is 0 Å². The summed E-state index contributed by atoms with van der Waals surface area (Å²) in [5.74, 6) is -1.22. The van der Waals surface area contributed by atoms with E-state index >= 15 is 0 Å². The summed E-state index contributed by atoms with van der Waals surface area (Å²) in [5.41, 5.74) is 6.30. The van der Waals surface area contributed by atoms with Crippen molar-refractivity contribution < 1.29 is 28.9 Å². The van der Waals surface area contributed by atoms with Crippen molar-refractivity contribution in [3.05, 3.63) is 106 Å². The third-order valence-corrected chi connectivity index (χ3v) is 8.03. The van der Waals surface area contributed by atoms with E-state index in [2.05, 4.69) is 17.4 Å². The minimum Gasteiger partial charge on any atom is -0.480 e. The van der Waals surface area contributed by atoms with Crippen molar-refractivity contribution in [1.82, 2.24) is 5.32 Å². The lowest BCUT2D eigenvalue weighted by Gasteiger charge is -2.17. The fourth-order valence-electron chi connectivity index (χ4n) is 5.03. The number of aliphatic carboxylic acids is 1. The number of fused-ring (bicyclic) bond motifs is 3. The summed E-state index contributed by atoms with van der Waals surface area (Å²) in [6.45, 7) is 0.121. The monoisotopic (exact) mass is 543 g/mol. The maximum atomic E-state index is 12.7. The standard InChI is InChI=1S/C31H29NO6S/c1-36-30(37-2)20-9-7-8-19(16-20)28-15-14-21(39-28)17-27(29(33)34)32-31(35)38-18-26-24-12-5-3-10-22(24)23-11-4-6-13-25(23)26/h3-16,26-27,30H,17-18H2,1-2H3,(H,32,35)(H,33,34). The average molecular weight is 544 g/mol. The molecule has 0 radical (unpaired) electrons. The van der Waals surface area contributed by atoms with E-state index in [0.717, 1.165) is 43.1 Å². The van der Waals surface area contributed by atoms with Gasteiger partial charge in [0.2, 0.25) is 0 Å². The molecule has 0 bridgehead atoms. The molecule has 39 heavy (non-hydrogen) atoms. The lowest BCUT2D eigenvalue weighted by molar-refractivity contribution is -0.139. The maximum Gasteiger partial charge on any atom is 0.407 e. The van der Waals surface area contributed by atoms with Gasteiger partial charge >= 0.3 is 12.1 Å². The molecule has 1 aliphatic carbocycles. The third kappa shape index (κ3) is 5.73. The summed E-state index contributed by atoms with van der Waals surface area (Å²) < 4.78 is 16.3. The molecule has 0 aliphatic heterocycles. The van der Waals surface area contributed by atoms with Crippen LogP contribution >= 0.6 is 11.3 Å². The van der Waals surface area contributed by atoms with Gasteiger partial charge in [-0.1, -0.05) is 66.7 Å². The Kier molecular flexibility index (Phi) is 8.07. The molecule has 0 spiro atoms. The van der Waals surface area contributed by atoms with Gasteiger partial charge in [0.15, 0.2) is 6.29 Å². The van der Waals surface area contributed by atoms with Gasteiger partial charge in [0.05, 0.1) is 0 Å². The van der Waals surface area contributed by atoms with Gasteiger partial charge in [0, 0.05) is 41.9 Å². The van der Waals surface area contributed by atoms with Crippen LogP contribution in [0.5, 0.6) is 0 Å². The normalized spacial score (nSPS) is 13.1. The first-order chi connectivity index (χ1) is 19.0. The number of carboxylic acid groups (broad SMARTS) is 1. The molecular weight excluding hydrogens is 514 g/mol. The van der Waals surface area contributed by atoms with Crippen molar-refractivity contribution in [2.75, 3.05) is 20.8 Å². The Morgan fingerprint density at radius 2 is 1.56 bits per heavy atom. The molecule has 1 unspecified atom stereocenters. The molecule has 0 saturated heterocycles. The molecule has 0 saturated carbocycles. The van der Waals surface area contributed by atoms with Crippen molar-refractivity contribution in [2.24, 2.45) is 0 Å². The first kappa shape index (κ1) is 26.6. The highest BCUT2D eigenvalue weighted by atomic mass is 32.1. The van der Waals surface area contributed by atoms with E-state index < -0.39 is 24.4 Å². The highest BCUT2D eigenvalue weighted by molar-refractivity contribution is 7.15. The van der Waals surface area contributed by atoms with Crippen molar-refractivity contribution >= 4 is 23.4 Å². The van der Waals surface area contributed by atoms with Crippen molar-refractivity contribution in [1.29, 1.82) is 0 Å². The first-order valence-electron chi connectivity index (χ1n) is 12.6. The maximum absolute atomic E-state index is 12.7. The van der Waals surface area contributed by atoms with Crippen molar-refractivity contribution in [2.45, 2.75) is 24.7 Å². The van der Waals surface area contributed by atoms with E-state index in [-0.39, 0.29) is 18.9 Å². The van der Waals surface area contributed by atoms with Crippen LogP contribution in [0.15, 0.2) is 84.9 Å². The van der Waals surface area contributed by atoms with Gasteiger partial charge in [-0.15, -0.1) is 11.3 Å². The zero-order valence-corrected chi connectivity index (χ0v) is 22.4. The van der Waals surface area contributed by atoms with Gasteiger partial charge < -0.3 is 24.6 Å². The van der Waals surface area contributed by atoms with Crippen LogP contribution in [-0.2, 0) is 25.4 Å². The van der Waals surface area contributed by atoms with Crippen molar-refractivity contribution in [3.63, 3.8) is 0 Å². The minimum absolute atomic E-state index is 0.0992. The smallest absolute Gasteiger partial charge is 0.407 e. The second-order valence-corrected chi connectivity index (χ2v) is 10.4. The lowest BCUT2D eigenvalue weighted by atomic mass is 9.98. The van der Waals surface area contributed by atoms with Gasteiger partial charge in [-0.05, 0) is 46.0 Å². The Hall–Kier alpha value is -3.98. The van der Waals surface area contributed by atoms with Crippen LogP contribution < -0.4 is 5.32 Å². The van der Waals surface area contributed by atoms with Crippen LogP contribution in [0.3, 0.4) is 0 Å². The Bertz CT molecular complexity index is 1430. The summed E-state index contributed by atoms with van der Waals surface area (Å²) in [6.07, 6.45) is -1.08. The van der Waals surface area contributed by atoms with E-state index in [9.17, 15) is 14.7 Å². The summed E-state index contributed by atoms with van der Waals surface area (Å²) in [7, 11) is 3.17. The number of carbonyl (C=O) groups excluding carboxylic acids is 1. The van der Waals surface area contributed by atoms with Crippen LogP contribution in [0.1, 0.15) is 33.8 Å². The van der Waals surface area contributed by atoms with Gasteiger partial charge in [-0.2, -0.15) is 0 Å². The number of hydrogen-bond acceptors (Lipinski definition) is 6. The Labute approximate surface area is 231 Å². The number of thiophene rings is 1. The number of ether oxygens (including phenoxy) is 3. The predicted octanol–water partition coefficient (Wildman–Crippen LogP) is 6.24. The Balaban J connectivity index is 1.23. The van der Waals surface area contributed by atoms with E-state index in [1.54, 1.807) is 14.2 Å². The molecule has 0 fully saturated rings. The van der Waals surface area contributed by atoms with Gasteiger partial charge in [0.1, 0.15) is 12.6 Å². The van der Waals surface area contributed by atoms with Crippen LogP contribution in [0.4, 0.5) is 4.79 Å². The molecule has 1 heterocycles. The number of benzene rings is 3. The molecule has 5 rings (SSSR count). The lowest BCUT2D eigenvalue weighted by Crippen LogP contribution is -2.42. The SMILES string of the molecule is COC(OC)c1cccc(-c2ccc(CC(NC(=O)OCC3c4ccccc4-c4ccccc43)C(=O)O)s2)c1. The summed E-state index contributed by atoms with van der Waals surface area (Å²) in [4.78, 5) is 26.5. The van der Waals surface area contributed by atoms with Crippen LogP contribution in [0.25, 0.3) is 21.6 Å². The number of amides is 1. The quantitative estimate of drug-likeness (QED) is 0.230. The Morgan fingerprint density at radius 3 is 2.21 bits per heavy atom. The van der Waals surface area contributed by atoms with E-state index in [1.807, 2.05) is 72.8 Å².